The van der Waals surface area contributed by atoms with E-state index < -0.39 is 11.9 Å². The Balaban J connectivity index is 1.47. The summed E-state index contributed by atoms with van der Waals surface area (Å²) in [5.41, 5.74) is 3.01. The molecule has 10 nitrogen and oxygen atoms in total. The molecule has 37 heavy (non-hydrogen) atoms. The fourth-order valence-corrected chi connectivity index (χ4v) is 4.25. The van der Waals surface area contributed by atoms with Crippen molar-refractivity contribution in [1.29, 1.82) is 0 Å². The summed E-state index contributed by atoms with van der Waals surface area (Å²) in [5.74, 6) is 0.239. The largest absolute Gasteiger partial charge is 0.497 e. The zero-order chi connectivity index (χ0) is 26.5. The Kier molecular flexibility index (Phi) is 8.22. The summed E-state index contributed by atoms with van der Waals surface area (Å²) in [6.45, 7) is 1.52. The molecule has 2 aromatic carbocycles. The van der Waals surface area contributed by atoms with Gasteiger partial charge in [-0.15, -0.1) is 0 Å². The van der Waals surface area contributed by atoms with E-state index >= 15 is 0 Å². The van der Waals surface area contributed by atoms with Crippen LogP contribution in [0.2, 0.25) is 5.02 Å². The fourth-order valence-electron chi connectivity index (χ4n) is 4.05. The Bertz CT molecular complexity index is 1300. The van der Waals surface area contributed by atoms with Gasteiger partial charge in [-0.1, -0.05) is 35.9 Å². The predicted octanol–water partition coefficient (Wildman–Crippen LogP) is 2.40. The molecule has 194 valence electrons. The van der Waals surface area contributed by atoms with Crippen molar-refractivity contribution < 1.29 is 24.5 Å². The predicted molar refractivity (Wildman–Crippen MR) is 138 cm³/mol. The zero-order valence-corrected chi connectivity index (χ0v) is 21.2. The number of carbonyl (C=O) groups excluding carboxylic acids is 2. The Morgan fingerprint density at radius 3 is 2.76 bits per heavy atom. The highest BCUT2D eigenvalue weighted by Gasteiger charge is 2.30. The summed E-state index contributed by atoms with van der Waals surface area (Å²) in [5, 5.41) is 25.2. The number of anilines is 1. The van der Waals surface area contributed by atoms with Crippen LogP contribution in [0, 0.1) is 0 Å². The van der Waals surface area contributed by atoms with Gasteiger partial charge in [0.1, 0.15) is 12.3 Å². The summed E-state index contributed by atoms with van der Waals surface area (Å²) in [6.07, 6.45) is 1.46. The highest BCUT2D eigenvalue weighted by Crippen LogP contribution is 2.31. The summed E-state index contributed by atoms with van der Waals surface area (Å²) in [7, 11) is 1.54. The van der Waals surface area contributed by atoms with Crippen LogP contribution >= 0.6 is 11.6 Å². The summed E-state index contributed by atoms with van der Waals surface area (Å²) in [4.78, 5) is 35.9. The van der Waals surface area contributed by atoms with E-state index in [2.05, 4.69) is 20.6 Å². The number of nitrogens with zero attached hydrogens (tertiary/aromatic N) is 3. The average Bonchev–Trinajstić information content (AvgIpc) is 3.22. The van der Waals surface area contributed by atoms with E-state index in [4.69, 9.17) is 16.3 Å². The summed E-state index contributed by atoms with van der Waals surface area (Å²) in [6, 6.07) is 11.5. The minimum Gasteiger partial charge on any atom is -0.497 e. The third kappa shape index (κ3) is 5.99. The van der Waals surface area contributed by atoms with Crippen molar-refractivity contribution >= 4 is 29.4 Å². The number of hydrogen-bond donors (Lipinski definition) is 4. The second-order valence-corrected chi connectivity index (χ2v) is 9.14. The number of hydrogen-bond acceptors (Lipinski definition) is 8. The van der Waals surface area contributed by atoms with Crippen molar-refractivity contribution in [3.8, 4) is 17.0 Å². The molecule has 1 aliphatic heterocycles. The van der Waals surface area contributed by atoms with E-state index in [1.807, 2.05) is 12.1 Å². The number of amides is 2. The first-order valence-electron chi connectivity index (χ1n) is 11.7. The third-order valence-electron chi connectivity index (χ3n) is 6.00. The number of benzene rings is 2. The SMILES string of the molecule is COc1cccc([C@@H](CO)NC(=O)CN2Cc3ccc(-c4nc(NC(C)CO)ncc4Cl)cc3C2=O)c1. The van der Waals surface area contributed by atoms with Crippen LogP contribution < -0.4 is 15.4 Å². The second kappa shape index (κ2) is 11.5. The Morgan fingerprint density at radius 1 is 1.22 bits per heavy atom. The molecule has 2 heterocycles. The molecule has 4 rings (SSSR count). The van der Waals surface area contributed by atoms with Gasteiger partial charge < -0.3 is 30.5 Å². The molecule has 0 saturated carbocycles. The lowest BCUT2D eigenvalue weighted by molar-refractivity contribution is -0.122. The van der Waals surface area contributed by atoms with Crippen molar-refractivity contribution in [2.45, 2.75) is 25.6 Å². The molecule has 1 aliphatic rings. The molecule has 2 amide bonds. The molecule has 4 N–H and O–H groups in total. The van der Waals surface area contributed by atoms with Crippen LogP contribution in [0.1, 0.15) is 34.5 Å². The highest BCUT2D eigenvalue weighted by molar-refractivity contribution is 6.33. The number of halogens is 1. The van der Waals surface area contributed by atoms with Crippen molar-refractivity contribution in [2.75, 3.05) is 32.2 Å². The molecular formula is C26H28ClN5O5. The maximum absolute atomic E-state index is 13.1. The molecular weight excluding hydrogens is 498 g/mol. The van der Waals surface area contributed by atoms with Gasteiger partial charge in [-0.2, -0.15) is 0 Å². The van der Waals surface area contributed by atoms with Crippen LogP contribution in [-0.4, -0.2) is 69.8 Å². The Hall–Kier alpha value is -3.73. The maximum Gasteiger partial charge on any atom is 0.254 e. The van der Waals surface area contributed by atoms with Crippen molar-refractivity contribution in [2.24, 2.45) is 0 Å². The van der Waals surface area contributed by atoms with E-state index in [1.54, 1.807) is 44.4 Å². The quantitative estimate of drug-likeness (QED) is 0.317. The summed E-state index contributed by atoms with van der Waals surface area (Å²) < 4.78 is 5.21. The Labute approximate surface area is 219 Å². The van der Waals surface area contributed by atoms with Gasteiger partial charge in [0.05, 0.1) is 43.3 Å². The third-order valence-corrected chi connectivity index (χ3v) is 6.28. The number of carbonyl (C=O) groups is 2. The van der Waals surface area contributed by atoms with Crippen molar-refractivity contribution in [3.63, 3.8) is 0 Å². The van der Waals surface area contributed by atoms with E-state index in [0.29, 0.717) is 39.1 Å². The number of aromatic nitrogens is 2. The standard InChI is InChI=1S/C26H28ClN5O5/c1-15(13-33)29-26-28-10-21(27)24(31-26)17-6-7-18-11-32(25(36)20(18)9-17)12-23(35)30-22(14-34)16-4-3-5-19(8-16)37-2/h3-10,15,22,33-34H,11-14H2,1-2H3,(H,30,35)(H,28,29,31)/t15?,22-/m1/s1. The molecule has 0 aliphatic carbocycles. The lowest BCUT2D eigenvalue weighted by atomic mass is 10.0. The number of nitrogens with one attached hydrogen (secondary N) is 2. The van der Waals surface area contributed by atoms with Crippen LogP contribution in [0.5, 0.6) is 5.75 Å². The first-order valence-corrected chi connectivity index (χ1v) is 12.1. The molecule has 2 atom stereocenters. The number of ether oxygens (including phenoxy) is 1. The second-order valence-electron chi connectivity index (χ2n) is 8.73. The number of fused-ring (bicyclic) bond motifs is 1. The van der Waals surface area contributed by atoms with Crippen LogP contribution in [0.3, 0.4) is 0 Å². The first kappa shape index (κ1) is 26.3. The number of rotatable bonds is 10. The highest BCUT2D eigenvalue weighted by atomic mass is 35.5. The fraction of sp³-hybridized carbons (Fsp3) is 0.308. The number of aliphatic hydroxyl groups excluding tert-OH is 2. The topological polar surface area (TPSA) is 137 Å². The maximum atomic E-state index is 13.1. The lowest BCUT2D eigenvalue weighted by Gasteiger charge is -2.20. The van der Waals surface area contributed by atoms with E-state index in [-0.39, 0.29) is 38.3 Å². The molecule has 0 fully saturated rings. The molecule has 1 unspecified atom stereocenters. The molecule has 0 saturated heterocycles. The van der Waals surface area contributed by atoms with E-state index in [0.717, 1.165) is 5.56 Å². The minimum atomic E-state index is -0.634. The van der Waals surface area contributed by atoms with Gasteiger partial charge in [0.25, 0.3) is 5.91 Å². The number of methoxy groups -OCH3 is 1. The molecule has 0 spiro atoms. The molecule has 11 heteroatoms. The van der Waals surface area contributed by atoms with Gasteiger partial charge in [0.2, 0.25) is 11.9 Å². The molecule has 3 aromatic rings. The van der Waals surface area contributed by atoms with Gasteiger partial charge in [-0.25, -0.2) is 9.97 Å². The van der Waals surface area contributed by atoms with Gasteiger partial charge >= 0.3 is 0 Å². The molecule has 1 aromatic heterocycles. The van der Waals surface area contributed by atoms with Gasteiger partial charge in [-0.05, 0) is 36.2 Å². The van der Waals surface area contributed by atoms with Crippen LogP contribution in [0.4, 0.5) is 5.95 Å². The van der Waals surface area contributed by atoms with Crippen molar-refractivity contribution in [3.05, 3.63) is 70.4 Å². The van der Waals surface area contributed by atoms with Crippen LogP contribution in [-0.2, 0) is 11.3 Å². The van der Waals surface area contributed by atoms with E-state index in [1.165, 1.54) is 11.1 Å². The summed E-state index contributed by atoms with van der Waals surface area (Å²) >= 11 is 6.34. The first-order chi connectivity index (χ1) is 17.8. The van der Waals surface area contributed by atoms with Gasteiger partial charge in [0, 0.05) is 23.7 Å². The Morgan fingerprint density at radius 2 is 2.03 bits per heavy atom. The van der Waals surface area contributed by atoms with Gasteiger partial charge in [-0.3, -0.25) is 9.59 Å². The van der Waals surface area contributed by atoms with Gasteiger partial charge in [0.15, 0.2) is 0 Å². The van der Waals surface area contributed by atoms with Crippen LogP contribution in [0.25, 0.3) is 11.3 Å². The zero-order valence-electron chi connectivity index (χ0n) is 20.4. The van der Waals surface area contributed by atoms with Crippen molar-refractivity contribution in [1.82, 2.24) is 20.2 Å². The lowest BCUT2D eigenvalue weighted by Crippen LogP contribution is -2.40. The molecule has 0 bridgehead atoms. The number of aliphatic hydroxyl groups is 2. The minimum absolute atomic E-state index is 0.0866. The van der Waals surface area contributed by atoms with Crippen LogP contribution in [0.15, 0.2) is 48.7 Å². The molecule has 0 radical (unpaired) electrons. The van der Waals surface area contributed by atoms with E-state index in [9.17, 15) is 19.8 Å². The smallest absolute Gasteiger partial charge is 0.254 e. The average molecular weight is 526 g/mol. The normalized spacial score (nSPS) is 14.2. The monoisotopic (exact) mass is 525 g/mol.